The number of aldehydes is 1. The molecule has 2 heterocycles. The number of ether oxygens (including phenoxy) is 1. The highest BCUT2D eigenvalue weighted by Gasteiger charge is 2.23. The average Bonchev–Trinajstić information content (AvgIpc) is 2.46. The molecule has 0 aliphatic carbocycles. The number of pyridine rings is 1. The van der Waals surface area contributed by atoms with Crippen LogP contribution in [0.2, 0.25) is 0 Å². The smallest absolute Gasteiger partial charge is 0.285 e. The Hall–Kier alpha value is -1.94. The molecule has 0 amide bonds. The van der Waals surface area contributed by atoms with Crippen LogP contribution >= 0.6 is 0 Å². The van der Waals surface area contributed by atoms with Gasteiger partial charge in [-0.3, -0.25) is 9.69 Å². The zero-order valence-corrected chi connectivity index (χ0v) is 11.0. The Morgan fingerprint density at radius 1 is 1.26 bits per heavy atom. The Labute approximate surface area is 112 Å². The Morgan fingerprint density at radius 3 is 2.79 bits per heavy atom. The average molecular weight is 257 g/mol. The molecule has 4 nitrogen and oxygen atoms in total. The second-order valence-electron chi connectivity index (χ2n) is 4.88. The van der Waals surface area contributed by atoms with E-state index in [4.69, 9.17) is 4.74 Å². The largest absolute Gasteiger partial charge is 0.373 e. The van der Waals surface area contributed by atoms with E-state index < -0.39 is 0 Å². The summed E-state index contributed by atoms with van der Waals surface area (Å²) >= 11 is 0. The number of anilines is 1. The van der Waals surface area contributed by atoms with E-state index in [9.17, 15) is 4.79 Å². The first-order valence-corrected chi connectivity index (χ1v) is 6.52. The van der Waals surface area contributed by atoms with Crippen LogP contribution in [0, 0.1) is 6.92 Å². The van der Waals surface area contributed by atoms with E-state index >= 15 is 0 Å². The fourth-order valence-corrected chi connectivity index (χ4v) is 2.48. The molecule has 0 spiro atoms. The summed E-state index contributed by atoms with van der Waals surface area (Å²) in [6, 6.07) is 8.15. The van der Waals surface area contributed by atoms with Gasteiger partial charge in [0.05, 0.1) is 13.2 Å². The maximum atomic E-state index is 11.3. The van der Waals surface area contributed by atoms with Gasteiger partial charge in [0.1, 0.15) is 24.2 Å². The lowest BCUT2D eigenvalue weighted by atomic mass is 10.1. The van der Waals surface area contributed by atoms with Crippen molar-refractivity contribution < 1.29 is 14.5 Å². The maximum Gasteiger partial charge on any atom is 0.285 e. The van der Waals surface area contributed by atoms with Crippen molar-refractivity contribution in [3.8, 4) is 0 Å². The van der Waals surface area contributed by atoms with Crippen LogP contribution in [0.5, 0.6) is 0 Å². The zero-order valence-electron chi connectivity index (χ0n) is 11.0. The lowest BCUT2D eigenvalue weighted by molar-refractivity contribution is -0.331. The third-order valence-corrected chi connectivity index (χ3v) is 3.50. The van der Waals surface area contributed by atoms with Gasteiger partial charge in [-0.15, -0.1) is 0 Å². The second-order valence-corrected chi connectivity index (χ2v) is 4.88. The highest BCUT2D eigenvalue weighted by molar-refractivity contribution is 5.89. The molecule has 1 aromatic heterocycles. The molecular weight excluding hydrogens is 240 g/mol. The Bertz CT molecular complexity index is 619. The minimum absolute atomic E-state index is 0.706. The van der Waals surface area contributed by atoms with Gasteiger partial charge in [-0.25, -0.2) is 4.98 Å². The van der Waals surface area contributed by atoms with Gasteiger partial charge >= 0.3 is 0 Å². The molecule has 1 fully saturated rings. The first kappa shape index (κ1) is 12.1. The van der Waals surface area contributed by atoms with E-state index in [1.807, 2.05) is 12.1 Å². The quantitative estimate of drug-likeness (QED) is 0.768. The summed E-state index contributed by atoms with van der Waals surface area (Å²) in [7, 11) is 0. The van der Waals surface area contributed by atoms with Crippen LogP contribution < -0.4 is 9.88 Å². The van der Waals surface area contributed by atoms with Crippen LogP contribution in [-0.4, -0.2) is 32.6 Å². The van der Waals surface area contributed by atoms with E-state index in [0.717, 1.165) is 36.1 Å². The Kier molecular flexibility index (Phi) is 3.17. The number of aromatic amines is 1. The fourth-order valence-electron chi connectivity index (χ4n) is 2.48. The molecule has 0 radical (unpaired) electrons. The first-order valence-electron chi connectivity index (χ1n) is 6.52. The summed E-state index contributed by atoms with van der Waals surface area (Å²) in [5, 5.41) is 1.06. The third-order valence-electron chi connectivity index (χ3n) is 3.50. The summed E-state index contributed by atoms with van der Waals surface area (Å²) in [6.07, 6.45) is 0.917. The number of aromatic nitrogens is 1. The number of rotatable bonds is 2. The van der Waals surface area contributed by atoms with Gasteiger partial charge in [0, 0.05) is 5.39 Å². The van der Waals surface area contributed by atoms with Crippen LogP contribution in [0.4, 0.5) is 5.82 Å². The third kappa shape index (κ3) is 2.31. The molecule has 0 bridgehead atoms. The highest BCUT2D eigenvalue weighted by atomic mass is 16.5. The number of nitrogens with zero attached hydrogens (tertiary/aromatic N) is 1. The van der Waals surface area contributed by atoms with Gasteiger partial charge in [0.25, 0.3) is 5.82 Å². The van der Waals surface area contributed by atoms with E-state index in [-0.39, 0.29) is 0 Å². The number of fused-ring (bicyclic) bond motifs is 1. The second kappa shape index (κ2) is 4.97. The van der Waals surface area contributed by atoms with E-state index in [2.05, 4.69) is 28.9 Å². The molecule has 1 aliphatic rings. The van der Waals surface area contributed by atoms with Crippen molar-refractivity contribution in [1.82, 2.24) is 0 Å². The van der Waals surface area contributed by atoms with Gasteiger partial charge in [-0.2, -0.15) is 0 Å². The van der Waals surface area contributed by atoms with Crippen molar-refractivity contribution >= 4 is 23.0 Å². The van der Waals surface area contributed by atoms with Crippen molar-refractivity contribution in [2.45, 2.75) is 6.92 Å². The van der Waals surface area contributed by atoms with Crippen LogP contribution in [0.3, 0.4) is 0 Å². The van der Waals surface area contributed by atoms with Crippen LogP contribution in [0.25, 0.3) is 10.9 Å². The SMILES string of the molecule is Cc1ccc2cc(C=O)c(N3CCOCC3)[nH+]c2c1. The van der Waals surface area contributed by atoms with Crippen LogP contribution in [0.1, 0.15) is 15.9 Å². The first-order chi connectivity index (χ1) is 9.28. The Morgan fingerprint density at radius 2 is 2.05 bits per heavy atom. The van der Waals surface area contributed by atoms with Crippen molar-refractivity contribution in [1.29, 1.82) is 0 Å². The number of H-pyrrole nitrogens is 1. The zero-order chi connectivity index (χ0) is 13.2. The molecule has 0 atom stereocenters. The summed E-state index contributed by atoms with van der Waals surface area (Å²) in [5.74, 6) is 0.899. The molecule has 1 aliphatic heterocycles. The predicted molar refractivity (Wildman–Crippen MR) is 73.7 cm³/mol. The normalized spacial score (nSPS) is 15.7. The van der Waals surface area contributed by atoms with E-state index in [1.54, 1.807) is 0 Å². The number of nitrogens with one attached hydrogen (secondary N) is 1. The molecule has 0 saturated carbocycles. The Balaban J connectivity index is 2.12. The molecule has 2 aromatic rings. The van der Waals surface area contributed by atoms with Gasteiger partial charge in [-0.1, -0.05) is 12.1 Å². The van der Waals surface area contributed by atoms with Gasteiger partial charge < -0.3 is 4.74 Å². The number of aryl methyl sites for hydroxylation is 1. The minimum Gasteiger partial charge on any atom is -0.373 e. The molecule has 19 heavy (non-hydrogen) atoms. The molecule has 1 saturated heterocycles. The molecular formula is C15H17N2O2+. The number of hydrogen-bond acceptors (Lipinski definition) is 3. The number of benzene rings is 1. The van der Waals surface area contributed by atoms with Crippen LogP contribution in [0.15, 0.2) is 24.3 Å². The van der Waals surface area contributed by atoms with Gasteiger partial charge in [-0.05, 0) is 24.6 Å². The van der Waals surface area contributed by atoms with Gasteiger partial charge in [0.15, 0.2) is 6.29 Å². The lowest BCUT2D eigenvalue weighted by Crippen LogP contribution is -2.40. The molecule has 1 aromatic carbocycles. The highest BCUT2D eigenvalue weighted by Crippen LogP contribution is 2.20. The van der Waals surface area contributed by atoms with Crippen molar-refractivity contribution in [2.75, 3.05) is 31.2 Å². The number of carbonyl (C=O) groups excluding carboxylic acids is 1. The standard InChI is InChI=1S/C15H16N2O2/c1-11-2-3-12-9-13(10-18)15(16-14(12)8-11)17-4-6-19-7-5-17/h2-3,8-10H,4-7H2,1H3/p+1. The predicted octanol–water partition coefficient (Wildman–Crippen LogP) is 1.61. The summed E-state index contributed by atoms with van der Waals surface area (Å²) in [5.41, 5.74) is 2.97. The topological polar surface area (TPSA) is 43.7 Å². The molecule has 4 heteroatoms. The van der Waals surface area contributed by atoms with Crippen molar-refractivity contribution in [2.24, 2.45) is 0 Å². The van der Waals surface area contributed by atoms with Crippen molar-refractivity contribution in [3.05, 3.63) is 35.4 Å². The fraction of sp³-hybridized carbons (Fsp3) is 0.333. The maximum absolute atomic E-state index is 11.3. The number of hydrogen-bond donors (Lipinski definition) is 0. The summed E-state index contributed by atoms with van der Waals surface area (Å²) < 4.78 is 5.36. The molecule has 98 valence electrons. The monoisotopic (exact) mass is 257 g/mol. The lowest BCUT2D eigenvalue weighted by Gasteiger charge is -2.22. The van der Waals surface area contributed by atoms with E-state index in [1.165, 1.54) is 5.56 Å². The molecule has 3 rings (SSSR count). The molecule has 0 unspecified atom stereocenters. The van der Waals surface area contributed by atoms with Gasteiger partial charge in [0.2, 0.25) is 0 Å². The minimum atomic E-state index is 0.706. The van der Waals surface area contributed by atoms with Crippen molar-refractivity contribution in [3.63, 3.8) is 0 Å². The van der Waals surface area contributed by atoms with E-state index in [0.29, 0.717) is 18.8 Å². The number of morpholine rings is 1. The molecule has 1 N–H and O–H groups in total. The van der Waals surface area contributed by atoms with Crippen LogP contribution in [-0.2, 0) is 4.74 Å². The summed E-state index contributed by atoms with van der Waals surface area (Å²) in [4.78, 5) is 16.9. The summed E-state index contributed by atoms with van der Waals surface area (Å²) in [6.45, 7) is 5.11. The number of carbonyl (C=O) groups is 1.